The fourth-order valence-electron chi connectivity index (χ4n) is 2.44. The van der Waals surface area contributed by atoms with Crippen LogP contribution in [0.5, 0.6) is 0 Å². The lowest BCUT2D eigenvalue weighted by Crippen LogP contribution is -2.43. The smallest absolute Gasteiger partial charge is 0.338 e. The Hall–Kier alpha value is -3.58. The van der Waals surface area contributed by atoms with Crippen LogP contribution in [0.15, 0.2) is 55.5 Å². The van der Waals surface area contributed by atoms with Gasteiger partial charge in [0.1, 0.15) is 0 Å². The average molecular weight is 534 g/mol. The number of hydrogen-bond acceptors (Lipinski definition) is 8. The lowest BCUT2D eigenvalue weighted by molar-refractivity contribution is -0.114. The summed E-state index contributed by atoms with van der Waals surface area (Å²) in [5.41, 5.74) is 0.356. The quantitative estimate of drug-likeness (QED) is 0.480. The Morgan fingerprint density at radius 3 is 2.58 bits per heavy atom. The maximum Gasteiger partial charge on any atom is 0.338 e. The monoisotopic (exact) mass is 533 g/mol. The van der Waals surface area contributed by atoms with Crippen molar-refractivity contribution in [1.82, 2.24) is 5.32 Å². The number of hydrogen-bond donors (Lipinski definition) is 3. The van der Waals surface area contributed by atoms with Crippen molar-refractivity contribution in [2.75, 3.05) is 17.7 Å². The predicted octanol–water partition coefficient (Wildman–Crippen LogP) is 2.63. The molecule has 13 heteroatoms. The van der Waals surface area contributed by atoms with Gasteiger partial charge in [0, 0.05) is 5.69 Å². The Labute approximate surface area is 199 Å². The summed E-state index contributed by atoms with van der Waals surface area (Å²) in [6.07, 6.45) is 0. The molecule has 3 N–H and O–H groups in total. The van der Waals surface area contributed by atoms with Crippen LogP contribution >= 0.6 is 27.7 Å². The van der Waals surface area contributed by atoms with Gasteiger partial charge in [-0.15, -0.1) is 0 Å². The van der Waals surface area contributed by atoms with Crippen molar-refractivity contribution in [1.29, 1.82) is 5.41 Å². The molecule has 11 nitrogen and oxygen atoms in total. The summed E-state index contributed by atoms with van der Waals surface area (Å²) < 4.78 is 10.3. The molecule has 0 atom stereocenters. The first-order valence-electron chi connectivity index (χ1n) is 9.34. The first-order valence-corrected chi connectivity index (χ1v) is 11.1. The summed E-state index contributed by atoms with van der Waals surface area (Å²) in [4.78, 5) is 55.6. The van der Waals surface area contributed by atoms with Crippen molar-refractivity contribution in [2.24, 2.45) is 9.98 Å². The van der Waals surface area contributed by atoms with Crippen molar-refractivity contribution in [3.8, 4) is 0 Å². The van der Waals surface area contributed by atoms with Gasteiger partial charge in [0.05, 0.1) is 17.9 Å². The Kier molecular flexibility index (Phi) is 7.90. The number of nitrogens with zero attached hydrogens (tertiary/aromatic N) is 2. The molecule has 3 amide bonds. The number of aliphatic imine (C=N–C) groups is 2. The van der Waals surface area contributed by atoms with E-state index in [9.17, 15) is 19.2 Å². The van der Waals surface area contributed by atoms with E-state index in [1.54, 1.807) is 19.1 Å². The third-order valence-electron chi connectivity index (χ3n) is 3.89. The molecule has 33 heavy (non-hydrogen) atoms. The van der Waals surface area contributed by atoms with Crippen LogP contribution in [0.25, 0.3) is 0 Å². The number of ether oxygens (including phenoxy) is 1. The van der Waals surface area contributed by atoms with Crippen LogP contribution in [-0.2, 0) is 14.3 Å². The Morgan fingerprint density at radius 1 is 1.24 bits per heavy atom. The number of furan rings is 1. The number of benzene rings is 1. The van der Waals surface area contributed by atoms with Gasteiger partial charge in [0.2, 0.25) is 5.91 Å². The number of carbonyl (C=O) groups excluding carboxylic acids is 4. The maximum absolute atomic E-state index is 12.2. The van der Waals surface area contributed by atoms with Gasteiger partial charge in [-0.2, -0.15) is 4.99 Å². The molecule has 1 aliphatic heterocycles. The fourth-order valence-corrected chi connectivity index (χ4v) is 3.41. The van der Waals surface area contributed by atoms with Crippen LogP contribution in [0.4, 0.5) is 5.69 Å². The fraction of sp³-hybridized carbons (Fsp3) is 0.150. The van der Waals surface area contributed by atoms with Crippen LogP contribution in [0.2, 0.25) is 0 Å². The third-order valence-corrected chi connectivity index (χ3v) is 5.19. The lowest BCUT2D eigenvalue weighted by atomic mass is 10.2. The number of halogens is 1. The van der Waals surface area contributed by atoms with Crippen LogP contribution in [0, 0.1) is 5.41 Å². The number of thioether (sulfide) groups is 1. The van der Waals surface area contributed by atoms with Crippen molar-refractivity contribution in [3.05, 3.63) is 52.4 Å². The van der Waals surface area contributed by atoms with Gasteiger partial charge in [-0.05, 0) is 59.3 Å². The van der Waals surface area contributed by atoms with E-state index < -0.39 is 35.2 Å². The molecule has 0 aliphatic carbocycles. The highest BCUT2D eigenvalue weighted by Gasteiger charge is 2.27. The summed E-state index contributed by atoms with van der Waals surface area (Å²) in [5, 5.41) is 12.9. The minimum Gasteiger partial charge on any atom is -0.462 e. The number of rotatable bonds is 6. The van der Waals surface area contributed by atoms with Gasteiger partial charge >= 0.3 is 11.9 Å². The second-order valence-corrected chi connectivity index (χ2v) is 7.97. The Balaban J connectivity index is 1.56. The highest BCUT2D eigenvalue weighted by Crippen LogP contribution is 2.16. The molecule has 1 aliphatic rings. The largest absolute Gasteiger partial charge is 0.462 e. The molecule has 1 aromatic carbocycles. The van der Waals surface area contributed by atoms with Gasteiger partial charge < -0.3 is 14.5 Å². The van der Waals surface area contributed by atoms with Crippen molar-refractivity contribution in [3.63, 3.8) is 0 Å². The molecule has 0 unspecified atom stereocenters. The van der Waals surface area contributed by atoms with Gasteiger partial charge in [-0.3, -0.25) is 25.1 Å². The number of esters is 1. The zero-order valence-electron chi connectivity index (χ0n) is 17.0. The molecule has 3 rings (SSSR count). The summed E-state index contributed by atoms with van der Waals surface area (Å²) in [5.74, 6) is -3.23. The first-order chi connectivity index (χ1) is 15.8. The number of amides is 3. The van der Waals surface area contributed by atoms with E-state index in [0.717, 1.165) is 11.8 Å². The van der Waals surface area contributed by atoms with E-state index in [1.807, 2.05) is 0 Å². The van der Waals surface area contributed by atoms with E-state index in [1.165, 1.54) is 24.3 Å². The second-order valence-electron chi connectivity index (χ2n) is 6.22. The molecule has 2 aromatic rings. The van der Waals surface area contributed by atoms with Crippen molar-refractivity contribution >= 4 is 73.8 Å². The SMILES string of the molecule is CCOC(=O)c1ccc(NC(=O)CSC2=NC(=N)C(=NC(=O)c3ccc(Br)o3)C(=O)N2)cc1. The van der Waals surface area contributed by atoms with Crippen molar-refractivity contribution < 1.29 is 28.3 Å². The minimum atomic E-state index is -0.838. The van der Waals surface area contributed by atoms with Crippen LogP contribution in [0.1, 0.15) is 27.8 Å². The van der Waals surface area contributed by atoms with Gasteiger partial charge in [0.15, 0.2) is 27.1 Å². The normalized spacial score (nSPS) is 14.5. The van der Waals surface area contributed by atoms with Crippen LogP contribution in [-0.4, -0.2) is 52.8 Å². The lowest BCUT2D eigenvalue weighted by Gasteiger charge is -2.14. The van der Waals surface area contributed by atoms with Gasteiger partial charge in [-0.1, -0.05) is 11.8 Å². The van der Waals surface area contributed by atoms with Gasteiger partial charge in [-0.25, -0.2) is 9.79 Å². The molecule has 170 valence electrons. The number of nitrogens with one attached hydrogen (secondary N) is 3. The molecule has 1 aromatic heterocycles. The number of carbonyl (C=O) groups is 4. The van der Waals surface area contributed by atoms with Crippen molar-refractivity contribution in [2.45, 2.75) is 6.92 Å². The molecule has 0 spiro atoms. The maximum atomic E-state index is 12.2. The standard InChI is InChI=1S/C20H16BrN5O6S/c1-2-31-19(30)10-3-5-11(6-4-10)23-14(27)9-33-20-25-16(22)15(18(29)26-20)24-17(28)12-7-8-13(21)32-12/h3-8H,2,9H2,1H3,(H,23,27)(H2,22,25,26,29). The van der Waals surface area contributed by atoms with Gasteiger partial charge in [0.25, 0.3) is 5.91 Å². The first kappa shape index (κ1) is 24.1. The predicted molar refractivity (Wildman–Crippen MR) is 125 cm³/mol. The molecular weight excluding hydrogens is 518 g/mol. The van der Waals surface area contributed by atoms with E-state index in [2.05, 4.69) is 36.5 Å². The summed E-state index contributed by atoms with van der Waals surface area (Å²) in [6.45, 7) is 1.97. The van der Waals surface area contributed by atoms with E-state index in [-0.39, 0.29) is 23.3 Å². The average Bonchev–Trinajstić information content (AvgIpc) is 3.22. The Morgan fingerprint density at radius 2 is 1.97 bits per heavy atom. The summed E-state index contributed by atoms with van der Waals surface area (Å²) in [6, 6.07) is 9.03. The molecule has 0 fully saturated rings. The number of anilines is 1. The van der Waals surface area contributed by atoms with Crippen LogP contribution in [0.3, 0.4) is 0 Å². The molecule has 2 heterocycles. The zero-order valence-corrected chi connectivity index (χ0v) is 19.4. The molecule has 0 saturated carbocycles. The Bertz CT molecular complexity index is 1190. The van der Waals surface area contributed by atoms with E-state index in [0.29, 0.717) is 15.9 Å². The zero-order chi connectivity index (χ0) is 24.0. The topological polar surface area (TPSA) is 163 Å². The minimum absolute atomic E-state index is 0.0185. The second kappa shape index (κ2) is 10.8. The summed E-state index contributed by atoms with van der Waals surface area (Å²) in [7, 11) is 0. The van der Waals surface area contributed by atoms with Crippen LogP contribution < -0.4 is 10.6 Å². The van der Waals surface area contributed by atoms with E-state index >= 15 is 0 Å². The highest BCUT2D eigenvalue weighted by molar-refractivity contribution is 9.10. The number of amidine groups is 2. The summed E-state index contributed by atoms with van der Waals surface area (Å²) >= 11 is 3.95. The third kappa shape index (κ3) is 6.46. The molecule has 0 saturated heterocycles. The van der Waals surface area contributed by atoms with E-state index in [4.69, 9.17) is 14.6 Å². The molecular formula is C20H16BrN5O6S. The molecule has 0 radical (unpaired) electrons. The molecule has 0 bridgehead atoms. The highest BCUT2D eigenvalue weighted by atomic mass is 79.9.